The van der Waals surface area contributed by atoms with Gasteiger partial charge >= 0.3 is 0 Å². The topological polar surface area (TPSA) is 49.3 Å². The normalized spacial score (nSPS) is 10.8. The maximum absolute atomic E-state index is 13.5. The lowest BCUT2D eigenvalue weighted by molar-refractivity contribution is 0.604. The number of rotatable bonds is 4. The van der Waals surface area contributed by atoms with E-state index in [0.717, 1.165) is 11.3 Å². The molecule has 0 bridgehead atoms. The van der Waals surface area contributed by atoms with Gasteiger partial charge in [-0.05, 0) is 24.6 Å². The van der Waals surface area contributed by atoms with Crippen LogP contribution < -0.4 is 10.6 Å². The first-order chi connectivity index (χ1) is 10.2. The number of nitrogens with zero attached hydrogens (tertiary/aromatic N) is 2. The quantitative estimate of drug-likeness (QED) is 0.460. The minimum Gasteiger partial charge on any atom is -0.352 e. The number of benzene rings is 1. The van der Waals surface area contributed by atoms with Crippen molar-refractivity contribution in [3.05, 3.63) is 65.2 Å². The highest BCUT2D eigenvalue weighted by Gasteiger charge is 2.04. The molecule has 0 fully saturated rings. The summed E-state index contributed by atoms with van der Waals surface area (Å²) in [6.07, 6.45) is 1.76. The summed E-state index contributed by atoms with van der Waals surface area (Å²) in [6, 6.07) is 10.6. The van der Waals surface area contributed by atoms with Crippen LogP contribution in [0.15, 0.2) is 47.6 Å². The summed E-state index contributed by atoms with van der Waals surface area (Å²) in [5, 5.41) is 6.26. The van der Waals surface area contributed by atoms with E-state index in [1.165, 1.54) is 6.07 Å². The van der Waals surface area contributed by atoms with E-state index in [-0.39, 0.29) is 29.8 Å². The van der Waals surface area contributed by atoms with Gasteiger partial charge in [0.2, 0.25) is 0 Å². The third-order valence-corrected chi connectivity index (χ3v) is 3.17. The van der Waals surface area contributed by atoms with E-state index in [4.69, 9.17) is 0 Å². The molecular formula is C16H20FIN4. The number of aliphatic imine (C=N–C) groups is 1. The predicted octanol–water partition coefficient (Wildman–Crippen LogP) is 3.01. The summed E-state index contributed by atoms with van der Waals surface area (Å²) in [6.45, 7) is 2.97. The van der Waals surface area contributed by atoms with Gasteiger partial charge in [0.1, 0.15) is 5.82 Å². The van der Waals surface area contributed by atoms with Crippen molar-refractivity contribution in [3.8, 4) is 0 Å². The van der Waals surface area contributed by atoms with E-state index in [0.29, 0.717) is 24.6 Å². The van der Waals surface area contributed by atoms with E-state index in [1.54, 1.807) is 25.4 Å². The molecule has 0 aliphatic heterocycles. The van der Waals surface area contributed by atoms with Crippen molar-refractivity contribution in [3.63, 3.8) is 0 Å². The fourth-order valence-electron chi connectivity index (χ4n) is 1.91. The summed E-state index contributed by atoms with van der Waals surface area (Å²) in [7, 11) is 1.68. The van der Waals surface area contributed by atoms with Crippen LogP contribution in [0.2, 0.25) is 0 Å². The highest BCUT2D eigenvalue weighted by Crippen LogP contribution is 2.05. The average molecular weight is 414 g/mol. The monoisotopic (exact) mass is 414 g/mol. The van der Waals surface area contributed by atoms with Crippen molar-refractivity contribution in [2.45, 2.75) is 20.0 Å². The summed E-state index contributed by atoms with van der Waals surface area (Å²) < 4.78 is 13.5. The number of aryl methyl sites for hydroxylation is 1. The van der Waals surface area contributed by atoms with Gasteiger partial charge in [0.15, 0.2) is 5.96 Å². The average Bonchev–Trinajstić information content (AvgIpc) is 2.50. The van der Waals surface area contributed by atoms with Crippen LogP contribution in [-0.2, 0) is 13.1 Å². The minimum absolute atomic E-state index is 0. The summed E-state index contributed by atoms with van der Waals surface area (Å²) >= 11 is 0. The minimum atomic E-state index is -0.221. The zero-order valence-corrected chi connectivity index (χ0v) is 15.0. The zero-order valence-electron chi connectivity index (χ0n) is 12.6. The van der Waals surface area contributed by atoms with Crippen LogP contribution in [0, 0.1) is 12.7 Å². The van der Waals surface area contributed by atoms with Crippen LogP contribution in [-0.4, -0.2) is 18.0 Å². The van der Waals surface area contributed by atoms with Gasteiger partial charge in [-0.1, -0.05) is 24.3 Å². The second-order valence-corrected chi connectivity index (χ2v) is 4.64. The maximum Gasteiger partial charge on any atom is 0.191 e. The van der Waals surface area contributed by atoms with Crippen molar-refractivity contribution in [2.75, 3.05) is 7.05 Å². The Morgan fingerprint density at radius 3 is 2.55 bits per heavy atom. The lowest BCUT2D eigenvalue weighted by Crippen LogP contribution is -2.36. The second kappa shape index (κ2) is 9.34. The summed E-state index contributed by atoms with van der Waals surface area (Å²) in [5.41, 5.74) is 2.69. The molecule has 2 aromatic rings. The largest absolute Gasteiger partial charge is 0.352 e. The van der Waals surface area contributed by atoms with Crippen molar-refractivity contribution in [1.29, 1.82) is 0 Å². The van der Waals surface area contributed by atoms with E-state index >= 15 is 0 Å². The number of guanidine groups is 1. The van der Waals surface area contributed by atoms with Gasteiger partial charge in [0.05, 0.1) is 12.2 Å². The van der Waals surface area contributed by atoms with Crippen LogP contribution in [0.4, 0.5) is 4.39 Å². The van der Waals surface area contributed by atoms with Crippen LogP contribution in [0.1, 0.15) is 16.8 Å². The molecule has 0 aliphatic carbocycles. The van der Waals surface area contributed by atoms with Gasteiger partial charge in [-0.2, -0.15) is 0 Å². The van der Waals surface area contributed by atoms with Gasteiger partial charge in [-0.25, -0.2) is 4.39 Å². The van der Waals surface area contributed by atoms with Gasteiger partial charge in [-0.3, -0.25) is 9.98 Å². The predicted molar refractivity (Wildman–Crippen MR) is 97.8 cm³/mol. The first-order valence-electron chi connectivity index (χ1n) is 6.79. The van der Waals surface area contributed by atoms with Crippen molar-refractivity contribution in [1.82, 2.24) is 15.6 Å². The zero-order chi connectivity index (χ0) is 15.1. The molecule has 0 saturated heterocycles. The maximum atomic E-state index is 13.5. The Labute approximate surface area is 147 Å². The summed E-state index contributed by atoms with van der Waals surface area (Å²) in [5.74, 6) is 0.393. The van der Waals surface area contributed by atoms with Gasteiger partial charge in [0.25, 0.3) is 0 Å². The smallest absolute Gasteiger partial charge is 0.191 e. The fourth-order valence-corrected chi connectivity index (χ4v) is 1.91. The molecule has 1 aromatic carbocycles. The number of hydrogen-bond donors (Lipinski definition) is 2. The second-order valence-electron chi connectivity index (χ2n) is 4.64. The van der Waals surface area contributed by atoms with E-state index in [1.807, 2.05) is 25.1 Å². The lowest BCUT2D eigenvalue weighted by Gasteiger charge is -2.13. The Bertz CT molecular complexity index is 580. The molecule has 2 N–H and O–H groups in total. The van der Waals surface area contributed by atoms with E-state index in [9.17, 15) is 4.39 Å². The Morgan fingerprint density at radius 2 is 1.86 bits per heavy atom. The van der Waals surface area contributed by atoms with Crippen molar-refractivity contribution in [2.24, 2.45) is 4.99 Å². The number of nitrogens with one attached hydrogen (secondary N) is 2. The van der Waals surface area contributed by atoms with Crippen LogP contribution in [0.5, 0.6) is 0 Å². The first-order valence-corrected chi connectivity index (χ1v) is 6.79. The molecule has 1 heterocycles. The Balaban J connectivity index is 0.00000242. The molecular weight excluding hydrogens is 394 g/mol. The summed E-state index contributed by atoms with van der Waals surface area (Å²) in [4.78, 5) is 8.43. The third-order valence-electron chi connectivity index (χ3n) is 3.17. The van der Waals surface area contributed by atoms with Gasteiger partial charge < -0.3 is 10.6 Å². The molecule has 0 amide bonds. The molecule has 0 unspecified atom stereocenters. The number of pyridine rings is 1. The van der Waals surface area contributed by atoms with Crippen molar-refractivity contribution >= 4 is 29.9 Å². The molecule has 0 radical (unpaired) electrons. The molecule has 4 nitrogen and oxygen atoms in total. The van der Waals surface area contributed by atoms with E-state index < -0.39 is 0 Å². The highest BCUT2D eigenvalue weighted by molar-refractivity contribution is 14.0. The van der Waals surface area contributed by atoms with Crippen LogP contribution >= 0.6 is 24.0 Å². The Morgan fingerprint density at radius 1 is 1.14 bits per heavy atom. The fraction of sp³-hybridized carbons (Fsp3) is 0.250. The third kappa shape index (κ3) is 5.25. The molecule has 6 heteroatoms. The van der Waals surface area contributed by atoms with Crippen LogP contribution in [0.25, 0.3) is 0 Å². The highest BCUT2D eigenvalue weighted by atomic mass is 127. The molecule has 1 aromatic heterocycles. The molecule has 118 valence electrons. The SMILES string of the molecule is CN=C(NCc1ccccc1F)NCc1ncccc1C.I. The molecule has 0 aliphatic rings. The number of halogens is 2. The van der Waals surface area contributed by atoms with Gasteiger partial charge in [0, 0.05) is 25.4 Å². The van der Waals surface area contributed by atoms with E-state index in [2.05, 4.69) is 20.6 Å². The molecule has 0 saturated carbocycles. The molecule has 22 heavy (non-hydrogen) atoms. The Hall–Kier alpha value is -1.70. The van der Waals surface area contributed by atoms with Crippen LogP contribution in [0.3, 0.4) is 0 Å². The Kier molecular flexibility index (Phi) is 7.79. The molecule has 2 rings (SSSR count). The van der Waals surface area contributed by atoms with Crippen molar-refractivity contribution < 1.29 is 4.39 Å². The standard InChI is InChI=1S/C16H19FN4.HI/c1-12-6-5-9-19-15(12)11-21-16(18-2)20-10-13-7-3-4-8-14(13)17;/h3-9H,10-11H2,1-2H3,(H2,18,20,21);1H. The molecule has 0 atom stereocenters. The number of aromatic nitrogens is 1. The first kappa shape index (κ1) is 18.3. The number of hydrogen-bond acceptors (Lipinski definition) is 2. The lowest BCUT2D eigenvalue weighted by atomic mass is 10.2. The molecule has 0 spiro atoms. The van der Waals surface area contributed by atoms with Gasteiger partial charge in [-0.15, -0.1) is 24.0 Å².